The van der Waals surface area contributed by atoms with Crippen molar-refractivity contribution >= 4 is 33.4 Å². The van der Waals surface area contributed by atoms with Gasteiger partial charge in [0.15, 0.2) is 0 Å². The number of nitrogens with one attached hydrogen (secondary N) is 1. The minimum Gasteiger partial charge on any atom is -0.288 e. The van der Waals surface area contributed by atoms with Crippen molar-refractivity contribution in [2.75, 3.05) is 5.43 Å². The third kappa shape index (κ3) is 2.02. The summed E-state index contributed by atoms with van der Waals surface area (Å²) in [5.74, 6) is -0.666. The third-order valence-electron chi connectivity index (χ3n) is 2.86. The fourth-order valence-electron chi connectivity index (χ4n) is 1.98. The number of carbonyl (C=O) groups is 2. The van der Waals surface area contributed by atoms with Crippen LogP contribution in [-0.4, -0.2) is 16.8 Å². The average Bonchev–Trinajstić information content (AvgIpc) is 2.65. The predicted octanol–water partition coefficient (Wildman–Crippen LogP) is 3.07. The second-order valence-electron chi connectivity index (χ2n) is 4.11. The Bertz CT molecular complexity index is 650. The van der Waals surface area contributed by atoms with Crippen LogP contribution in [0.3, 0.4) is 0 Å². The van der Waals surface area contributed by atoms with Crippen molar-refractivity contribution in [1.82, 2.24) is 5.01 Å². The molecule has 2 aromatic carbocycles. The van der Waals surface area contributed by atoms with Crippen LogP contribution in [0.25, 0.3) is 0 Å². The summed E-state index contributed by atoms with van der Waals surface area (Å²) >= 11 is 3.34. The molecule has 1 N–H and O–H groups in total. The quantitative estimate of drug-likeness (QED) is 0.866. The smallest absolute Gasteiger partial charge is 0.280 e. The van der Waals surface area contributed by atoms with Gasteiger partial charge in [0.25, 0.3) is 11.8 Å². The zero-order valence-corrected chi connectivity index (χ0v) is 11.3. The largest absolute Gasteiger partial charge is 0.288 e. The number of halogens is 1. The Morgan fingerprint density at radius 2 is 1.53 bits per heavy atom. The number of rotatable bonds is 2. The molecule has 1 heterocycles. The number of benzene rings is 2. The molecule has 0 spiro atoms. The molecule has 4 nitrogen and oxygen atoms in total. The van der Waals surface area contributed by atoms with Crippen LogP contribution in [0.2, 0.25) is 0 Å². The maximum absolute atomic E-state index is 12.1. The molecule has 94 valence electrons. The summed E-state index contributed by atoms with van der Waals surface area (Å²) in [5, 5.41) is 1.03. The van der Waals surface area contributed by atoms with E-state index >= 15 is 0 Å². The zero-order valence-electron chi connectivity index (χ0n) is 9.76. The highest BCUT2D eigenvalue weighted by Gasteiger charge is 2.35. The van der Waals surface area contributed by atoms with Crippen molar-refractivity contribution in [1.29, 1.82) is 0 Å². The van der Waals surface area contributed by atoms with Crippen molar-refractivity contribution in [3.05, 3.63) is 64.1 Å². The summed E-state index contributed by atoms with van der Waals surface area (Å²) in [7, 11) is 0. The molecule has 0 aromatic heterocycles. The Labute approximate surface area is 118 Å². The van der Waals surface area contributed by atoms with Gasteiger partial charge >= 0.3 is 0 Å². The van der Waals surface area contributed by atoms with E-state index in [2.05, 4.69) is 21.4 Å². The summed E-state index contributed by atoms with van der Waals surface area (Å²) in [6, 6.07) is 14.1. The predicted molar refractivity (Wildman–Crippen MR) is 74.7 cm³/mol. The molecule has 1 aliphatic heterocycles. The number of imide groups is 1. The Morgan fingerprint density at radius 3 is 2.11 bits per heavy atom. The molecule has 0 bridgehead atoms. The van der Waals surface area contributed by atoms with Crippen LogP contribution < -0.4 is 5.43 Å². The van der Waals surface area contributed by atoms with Crippen molar-refractivity contribution in [3.63, 3.8) is 0 Å². The summed E-state index contributed by atoms with van der Waals surface area (Å²) < 4.78 is 0.870. The molecule has 0 radical (unpaired) electrons. The fourth-order valence-corrected chi connectivity index (χ4v) is 2.38. The van der Waals surface area contributed by atoms with E-state index in [1.54, 1.807) is 36.4 Å². The lowest BCUT2D eigenvalue weighted by molar-refractivity contribution is 0.0691. The van der Waals surface area contributed by atoms with E-state index in [0.29, 0.717) is 16.8 Å². The normalized spacial score (nSPS) is 13.6. The van der Waals surface area contributed by atoms with Crippen molar-refractivity contribution in [3.8, 4) is 0 Å². The Morgan fingerprint density at radius 1 is 0.895 bits per heavy atom. The van der Waals surface area contributed by atoms with Crippen molar-refractivity contribution in [2.24, 2.45) is 0 Å². The minimum atomic E-state index is -0.333. The maximum atomic E-state index is 12.1. The van der Waals surface area contributed by atoms with E-state index in [-0.39, 0.29) is 11.8 Å². The number of carbonyl (C=O) groups excluding carboxylic acids is 2. The second kappa shape index (κ2) is 4.51. The standard InChI is InChI=1S/C14H9BrN2O2/c15-9-4-3-5-10(8-9)16-17-13(18)11-6-1-2-7-12(11)14(17)19/h1-8,16H. The Kier molecular flexibility index (Phi) is 2.83. The van der Waals surface area contributed by atoms with Gasteiger partial charge in [-0.05, 0) is 30.3 Å². The summed E-state index contributed by atoms with van der Waals surface area (Å²) in [5.41, 5.74) is 4.35. The first-order chi connectivity index (χ1) is 9.16. The van der Waals surface area contributed by atoms with Gasteiger partial charge in [0, 0.05) is 4.47 Å². The summed E-state index contributed by atoms with van der Waals surface area (Å²) in [6.45, 7) is 0. The van der Waals surface area contributed by atoms with Crippen LogP contribution in [0.4, 0.5) is 5.69 Å². The van der Waals surface area contributed by atoms with Crippen LogP contribution in [0.1, 0.15) is 20.7 Å². The van der Waals surface area contributed by atoms with Gasteiger partial charge < -0.3 is 0 Å². The Balaban J connectivity index is 1.92. The highest BCUT2D eigenvalue weighted by atomic mass is 79.9. The topological polar surface area (TPSA) is 49.4 Å². The molecule has 2 aromatic rings. The van der Waals surface area contributed by atoms with E-state index in [1.807, 2.05) is 12.1 Å². The van der Waals surface area contributed by atoms with Crippen LogP contribution >= 0.6 is 15.9 Å². The van der Waals surface area contributed by atoms with Gasteiger partial charge in [0.1, 0.15) is 0 Å². The molecular formula is C14H9BrN2O2. The molecule has 0 unspecified atom stereocenters. The fraction of sp³-hybridized carbons (Fsp3) is 0. The van der Waals surface area contributed by atoms with Crippen molar-refractivity contribution in [2.45, 2.75) is 0 Å². The molecule has 2 amide bonds. The first-order valence-electron chi connectivity index (χ1n) is 5.67. The van der Waals surface area contributed by atoms with Gasteiger partial charge in [-0.2, -0.15) is 5.01 Å². The highest BCUT2D eigenvalue weighted by molar-refractivity contribution is 9.10. The van der Waals surface area contributed by atoms with E-state index in [0.717, 1.165) is 9.48 Å². The molecule has 0 fully saturated rings. The van der Waals surface area contributed by atoms with E-state index in [1.165, 1.54) is 0 Å². The third-order valence-corrected chi connectivity index (χ3v) is 3.35. The first-order valence-corrected chi connectivity index (χ1v) is 6.46. The number of nitrogens with zero attached hydrogens (tertiary/aromatic N) is 1. The SMILES string of the molecule is O=C1c2ccccc2C(=O)N1Nc1cccc(Br)c1. The molecule has 0 saturated heterocycles. The van der Waals surface area contributed by atoms with Crippen LogP contribution in [0.15, 0.2) is 53.0 Å². The molecule has 5 heteroatoms. The number of fused-ring (bicyclic) bond motifs is 1. The number of anilines is 1. The summed E-state index contributed by atoms with van der Waals surface area (Å²) in [6.07, 6.45) is 0. The molecule has 0 saturated carbocycles. The molecule has 0 atom stereocenters. The van der Waals surface area contributed by atoms with E-state index in [4.69, 9.17) is 0 Å². The molecular weight excluding hydrogens is 308 g/mol. The Hall–Kier alpha value is -2.14. The second-order valence-corrected chi connectivity index (χ2v) is 5.03. The summed E-state index contributed by atoms with van der Waals surface area (Å²) in [4.78, 5) is 24.3. The number of hydrogen-bond acceptors (Lipinski definition) is 3. The van der Waals surface area contributed by atoms with Gasteiger partial charge in [0.05, 0.1) is 16.8 Å². The van der Waals surface area contributed by atoms with Crippen LogP contribution in [0.5, 0.6) is 0 Å². The van der Waals surface area contributed by atoms with Gasteiger partial charge in [-0.25, -0.2) is 0 Å². The van der Waals surface area contributed by atoms with E-state index < -0.39 is 0 Å². The average molecular weight is 317 g/mol. The lowest BCUT2D eigenvalue weighted by Gasteiger charge is -2.16. The molecule has 0 aliphatic carbocycles. The zero-order chi connectivity index (χ0) is 13.4. The molecule has 3 rings (SSSR count). The lowest BCUT2D eigenvalue weighted by Crippen LogP contribution is -2.35. The van der Waals surface area contributed by atoms with Crippen LogP contribution in [0, 0.1) is 0 Å². The van der Waals surface area contributed by atoms with Crippen molar-refractivity contribution < 1.29 is 9.59 Å². The number of hydrogen-bond donors (Lipinski definition) is 1. The molecule has 19 heavy (non-hydrogen) atoms. The number of amides is 2. The van der Waals surface area contributed by atoms with Gasteiger partial charge in [-0.3, -0.25) is 15.0 Å². The first kappa shape index (κ1) is 11.9. The van der Waals surface area contributed by atoms with Gasteiger partial charge in [-0.1, -0.05) is 34.1 Å². The van der Waals surface area contributed by atoms with Gasteiger partial charge in [0.2, 0.25) is 0 Å². The monoisotopic (exact) mass is 316 g/mol. The van der Waals surface area contributed by atoms with Crippen LogP contribution in [-0.2, 0) is 0 Å². The van der Waals surface area contributed by atoms with Gasteiger partial charge in [-0.15, -0.1) is 0 Å². The van der Waals surface area contributed by atoms with E-state index in [9.17, 15) is 9.59 Å². The highest BCUT2D eigenvalue weighted by Crippen LogP contribution is 2.24. The molecule has 1 aliphatic rings. The minimum absolute atomic E-state index is 0.333. The lowest BCUT2D eigenvalue weighted by atomic mass is 10.1. The maximum Gasteiger partial charge on any atom is 0.280 e. The number of hydrazine groups is 1.